The summed E-state index contributed by atoms with van der Waals surface area (Å²) in [6.45, 7) is 1.49. The molecule has 0 unspecified atom stereocenters. The molecule has 0 aliphatic carbocycles. The fourth-order valence-corrected chi connectivity index (χ4v) is 1.89. The van der Waals surface area contributed by atoms with Crippen molar-refractivity contribution in [3.63, 3.8) is 0 Å². The SMILES string of the molecule is CCS(=O)(=O)Nc1cnc(N(C)C)c(C(=O)O)c1. The van der Waals surface area contributed by atoms with Crippen molar-refractivity contribution < 1.29 is 18.3 Å². The van der Waals surface area contributed by atoms with Crippen LogP contribution in [0, 0.1) is 0 Å². The van der Waals surface area contributed by atoms with E-state index in [0.717, 1.165) is 0 Å². The van der Waals surface area contributed by atoms with Gasteiger partial charge in [0, 0.05) is 14.1 Å². The number of carbonyl (C=O) groups is 1. The van der Waals surface area contributed by atoms with E-state index in [9.17, 15) is 13.2 Å². The van der Waals surface area contributed by atoms with Crippen molar-refractivity contribution in [2.24, 2.45) is 0 Å². The molecule has 0 spiro atoms. The average molecular weight is 273 g/mol. The first-order valence-corrected chi connectivity index (χ1v) is 6.83. The lowest BCUT2D eigenvalue weighted by atomic mass is 10.2. The van der Waals surface area contributed by atoms with Crippen molar-refractivity contribution in [1.29, 1.82) is 0 Å². The van der Waals surface area contributed by atoms with E-state index in [1.165, 1.54) is 19.2 Å². The zero-order chi connectivity index (χ0) is 13.9. The minimum absolute atomic E-state index is 0.0590. The number of carboxylic acids is 1. The molecule has 1 aromatic rings. The van der Waals surface area contributed by atoms with Crippen LogP contribution in [0.4, 0.5) is 11.5 Å². The molecule has 0 aromatic carbocycles. The number of anilines is 2. The van der Waals surface area contributed by atoms with E-state index in [2.05, 4.69) is 9.71 Å². The highest BCUT2D eigenvalue weighted by Crippen LogP contribution is 2.20. The quantitative estimate of drug-likeness (QED) is 0.815. The third kappa shape index (κ3) is 3.33. The van der Waals surface area contributed by atoms with Gasteiger partial charge in [-0.2, -0.15) is 0 Å². The Morgan fingerprint density at radius 2 is 2.11 bits per heavy atom. The van der Waals surface area contributed by atoms with E-state index in [-0.39, 0.29) is 22.8 Å². The molecular formula is C10H15N3O4S. The van der Waals surface area contributed by atoms with Crippen LogP contribution in [-0.4, -0.2) is 44.3 Å². The average Bonchev–Trinajstić information content (AvgIpc) is 2.28. The highest BCUT2D eigenvalue weighted by Gasteiger charge is 2.16. The van der Waals surface area contributed by atoms with Crippen LogP contribution in [0.15, 0.2) is 12.3 Å². The fraction of sp³-hybridized carbons (Fsp3) is 0.400. The predicted molar refractivity (Wildman–Crippen MR) is 68.6 cm³/mol. The molecule has 100 valence electrons. The summed E-state index contributed by atoms with van der Waals surface area (Å²) in [5.74, 6) is -0.990. The van der Waals surface area contributed by atoms with Crippen molar-refractivity contribution >= 4 is 27.5 Å². The van der Waals surface area contributed by atoms with Crippen molar-refractivity contribution in [2.75, 3.05) is 29.5 Å². The maximum atomic E-state index is 11.4. The van der Waals surface area contributed by atoms with Gasteiger partial charge in [-0.3, -0.25) is 4.72 Å². The number of rotatable bonds is 5. The van der Waals surface area contributed by atoms with Crippen LogP contribution in [0.5, 0.6) is 0 Å². The van der Waals surface area contributed by atoms with Gasteiger partial charge in [-0.05, 0) is 13.0 Å². The van der Waals surface area contributed by atoms with Gasteiger partial charge in [0.1, 0.15) is 11.4 Å². The maximum Gasteiger partial charge on any atom is 0.339 e. The van der Waals surface area contributed by atoms with Gasteiger partial charge >= 0.3 is 5.97 Å². The number of pyridine rings is 1. The number of carboxylic acid groups (broad SMARTS) is 1. The molecular weight excluding hydrogens is 258 g/mol. The minimum atomic E-state index is -3.44. The van der Waals surface area contributed by atoms with Crippen LogP contribution in [-0.2, 0) is 10.0 Å². The van der Waals surface area contributed by atoms with Gasteiger partial charge < -0.3 is 10.0 Å². The summed E-state index contributed by atoms with van der Waals surface area (Å²) in [5.41, 5.74) is 0.0798. The van der Waals surface area contributed by atoms with Gasteiger partial charge in [0.25, 0.3) is 0 Å². The molecule has 0 saturated heterocycles. The van der Waals surface area contributed by atoms with E-state index in [1.54, 1.807) is 19.0 Å². The monoisotopic (exact) mass is 273 g/mol. The van der Waals surface area contributed by atoms with Crippen LogP contribution in [0.1, 0.15) is 17.3 Å². The van der Waals surface area contributed by atoms with Gasteiger partial charge in [-0.1, -0.05) is 0 Å². The number of aromatic carboxylic acids is 1. The summed E-state index contributed by atoms with van der Waals surface area (Å²) in [5, 5.41) is 9.05. The van der Waals surface area contributed by atoms with E-state index < -0.39 is 16.0 Å². The van der Waals surface area contributed by atoms with Crippen LogP contribution >= 0.6 is 0 Å². The van der Waals surface area contributed by atoms with Crippen molar-refractivity contribution in [2.45, 2.75) is 6.92 Å². The van der Waals surface area contributed by atoms with Gasteiger partial charge in [-0.25, -0.2) is 18.2 Å². The summed E-state index contributed by atoms with van der Waals surface area (Å²) < 4.78 is 25.0. The smallest absolute Gasteiger partial charge is 0.339 e. The lowest BCUT2D eigenvalue weighted by Crippen LogP contribution is -2.18. The van der Waals surface area contributed by atoms with E-state index in [1.807, 2.05) is 0 Å². The largest absolute Gasteiger partial charge is 0.478 e. The molecule has 0 aliphatic rings. The molecule has 1 rings (SSSR count). The predicted octanol–water partition coefficient (Wildman–Crippen LogP) is 0.607. The number of nitrogens with one attached hydrogen (secondary N) is 1. The number of hydrogen-bond acceptors (Lipinski definition) is 5. The molecule has 8 heteroatoms. The van der Waals surface area contributed by atoms with Crippen molar-refractivity contribution in [1.82, 2.24) is 4.98 Å². The lowest BCUT2D eigenvalue weighted by molar-refractivity contribution is 0.0697. The maximum absolute atomic E-state index is 11.4. The summed E-state index contributed by atoms with van der Waals surface area (Å²) >= 11 is 0. The molecule has 0 fully saturated rings. The Bertz CT molecular complexity index is 554. The Labute approximate surface area is 106 Å². The molecule has 0 saturated carbocycles. The van der Waals surface area contributed by atoms with Crippen LogP contribution in [0.2, 0.25) is 0 Å². The standard InChI is InChI=1S/C10H15N3O4S/c1-4-18(16,17)12-7-5-8(10(14)15)9(11-6-7)13(2)3/h5-6,12H,4H2,1-3H3,(H,14,15). The molecule has 1 heterocycles. The summed E-state index contributed by atoms with van der Waals surface area (Å²) in [6.07, 6.45) is 1.29. The van der Waals surface area contributed by atoms with Gasteiger partial charge in [-0.15, -0.1) is 0 Å². The third-order valence-electron chi connectivity index (χ3n) is 2.17. The molecule has 0 radical (unpaired) electrons. The minimum Gasteiger partial charge on any atom is -0.478 e. The second kappa shape index (κ2) is 5.21. The number of hydrogen-bond donors (Lipinski definition) is 2. The van der Waals surface area contributed by atoms with E-state index in [4.69, 9.17) is 5.11 Å². The summed E-state index contributed by atoms with van der Waals surface area (Å²) in [6, 6.07) is 1.25. The highest BCUT2D eigenvalue weighted by molar-refractivity contribution is 7.92. The van der Waals surface area contributed by atoms with Gasteiger partial charge in [0.2, 0.25) is 10.0 Å². The Morgan fingerprint density at radius 3 is 2.56 bits per heavy atom. The molecule has 1 aromatic heterocycles. The van der Waals surface area contributed by atoms with Crippen LogP contribution in [0.25, 0.3) is 0 Å². The molecule has 0 amide bonds. The van der Waals surface area contributed by atoms with Crippen LogP contribution < -0.4 is 9.62 Å². The van der Waals surface area contributed by atoms with Crippen LogP contribution in [0.3, 0.4) is 0 Å². The molecule has 7 nitrogen and oxygen atoms in total. The van der Waals surface area contributed by atoms with Crippen molar-refractivity contribution in [3.8, 4) is 0 Å². The highest BCUT2D eigenvalue weighted by atomic mass is 32.2. The van der Waals surface area contributed by atoms with Gasteiger partial charge in [0.15, 0.2) is 0 Å². The summed E-state index contributed by atoms with van der Waals surface area (Å²) in [4.78, 5) is 16.5. The Balaban J connectivity index is 3.20. The third-order valence-corrected chi connectivity index (χ3v) is 3.48. The van der Waals surface area contributed by atoms with Gasteiger partial charge in [0.05, 0.1) is 17.6 Å². The first-order valence-electron chi connectivity index (χ1n) is 5.18. The topological polar surface area (TPSA) is 99.6 Å². The first-order chi connectivity index (χ1) is 8.26. The lowest BCUT2D eigenvalue weighted by Gasteiger charge is -2.15. The normalized spacial score (nSPS) is 11.1. The Kier molecular flexibility index (Phi) is 4.12. The molecule has 2 N–H and O–H groups in total. The molecule has 0 bridgehead atoms. The Hall–Kier alpha value is -1.83. The second-order valence-corrected chi connectivity index (χ2v) is 5.81. The zero-order valence-electron chi connectivity index (χ0n) is 10.3. The number of nitrogens with zero attached hydrogens (tertiary/aromatic N) is 2. The Morgan fingerprint density at radius 1 is 1.50 bits per heavy atom. The molecule has 0 aliphatic heterocycles. The van der Waals surface area contributed by atoms with E-state index in [0.29, 0.717) is 0 Å². The van der Waals surface area contributed by atoms with Crippen molar-refractivity contribution in [3.05, 3.63) is 17.8 Å². The first kappa shape index (κ1) is 14.2. The number of sulfonamides is 1. The number of aromatic nitrogens is 1. The summed E-state index contributed by atoms with van der Waals surface area (Å²) in [7, 11) is -0.130. The molecule has 18 heavy (non-hydrogen) atoms. The fourth-order valence-electron chi connectivity index (χ4n) is 1.28. The van der Waals surface area contributed by atoms with E-state index >= 15 is 0 Å². The zero-order valence-corrected chi connectivity index (χ0v) is 11.2. The second-order valence-electron chi connectivity index (χ2n) is 3.80. The molecule has 0 atom stereocenters.